The molecule has 0 atom stereocenters. The molecule has 0 aliphatic carbocycles. The predicted octanol–water partition coefficient (Wildman–Crippen LogP) is 2.25. The third-order valence-electron chi connectivity index (χ3n) is 4.42. The number of nitrogens with zero attached hydrogens (tertiary/aromatic N) is 1. The molecule has 1 aliphatic rings. The highest BCUT2D eigenvalue weighted by atomic mass is 16.5. The highest BCUT2D eigenvalue weighted by Crippen LogP contribution is 2.31. The van der Waals surface area contributed by atoms with Gasteiger partial charge in [0.2, 0.25) is 5.78 Å². The minimum absolute atomic E-state index is 0.0485. The lowest BCUT2D eigenvalue weighted by atomic mass is 10.1. The summed E-state index contributed by atoms with van der Waals surface area (Å²) in [5, 5.41) is 0. The zero-order chi connectivity index (χ0) is 20.8. The Bertz CT molecular complexity index is 925. The van der Waals surface area contributed by atoms with Crippen molar-refractivity contribution in [1.29, 1.82) is 0 Å². The van der Waals surface area contributed by atoms with Crippen molar-refractivity contribution in [3.8, 4) is 17.2 Å². The van der Waals surface area contributed by atoms with Crippen LogP contribution in [0.25, 0.3) is 0 Å². The topological polar surface area (TPSA) is 91.4 Å². The summed E-state index contributed by atoms with van der Waals surface area (Å²) in [7, 11) is 2.95. The maximum atomic E-state index is 12.4. The van der Waals surface area contributed by atoms with Gasteiger partial charge >= 0.3 is 5.97 Å². The van der Waals surface area contributed by atoms with Crippen LogP contribution in [-0.4, -0.2) is 51.6 Å². The molecule has 3 rings (SSSR count). The monoisotopic (exact) mass is 399 g/mol. The van der Waals surface area contributed by atoms with E-state index >= 15 is 0 Å². The van der Waals surface area contributed by atoms with Gasteiger partial charge in [-0.2, -0.15) is 0 Å². The van der Waals surface area contributed by atoms with E-state index in [1.165, 1.54) is 19.1 Å². The zero-order valence-corrected chi connectivity index (χ0v) is 16.2. The number of hydrogen-bond acceptors (Lipinski definition) is 7. The molecule has 0 bridgehead atoms. The molecule has 2 aromatic rings. The van der Waals surface area contributed by atoms with E-state index in [4.69, 9.17) is 18.9 Å². The highest BCUT2D eigenvalue weighted by molar-refractivity contribution is 6.01. The standard InChI is InChI=1S/C21H21NO7/c1-26-14-7-8-15(19(11-14)27-2)17(23)12-29-21(25)9-10-22-16-5-3-4-6-18(16)28-13-20(22)24/h3-8,11H,9-10,12-13H2,1-2H3. The van der Waals surface area contributed by atoms with Gasteiger partial charge in [0.15, 0.2) is 13.2 Å². The van der Waals surface area contributed by atoms with Gasteiger partial charge in [0, 0.05) is 12.6 Å². The van der Waals surface area contributed by atoms with Crippen molar-refractivity contribution >= 4 is 23.3 Å². The molecule has 8 nitrogen and oxygen atoms in total. The molecule has 2 aromatic carbocycles. The van der Waals surface area contributed by atoms with Crippen LogP contribution < -0.4 is 19.1 Å². The minimum Gasteiger partial charge on any atom is -0.497 e. The number of para-hydroxylation sites is 2. The summed E-state index contributed by atoms with van der Waals surface area (Å²) in [4.78, 5) is 38.1. The molecule has 0 unspecified atom stereocenters. The lowest BCUT2D eigenvalue weighted by Gasteiger charge is -2.28. The Balaban J connectivity index is 1.56. The molecule has 0 radical (unpaired) electrons. The smallest absolute Gasteiger partial charge is 0.308 e. The van der Waals surface area contributed by atoms with Crippen molar-refractivity contribution in [3.05, 3.63) is 48.0 Å². The summed E-state index contributed by atoms with van der Waals surface area (Å²) in [6.45, 7) is -0.366. The summed E-state index contributed by atoms with van der Waals surface area (Å²) < 4.78 is 20.7. The van der Waals surface area contributed by atoms with Crippen LogP contribution in [0, 0.1) is 0 Å². The van der Waals surface area contributed by atoms with Gasteiger partial charge in [-0.1, -0.05) is 12.1 Å². The van der Waals surface area contributed by atoms with Crippen LogP contribution in [0.15, 0.2) is 42.5 Å². The molecular formula is C21H21NO7. The Kier molecular flexibility index (Phi) is 6.33. The molecule has 29 heavy (non-hydrogen) atoms. The van der Waals surface area contributed by atoms with Gasteiger partial charge in [0.25, 0.3) is 5.91 Å². The van der Waals surface area contributed by atoms with E-state index in [0.29, 0.717) is 28.5 Å². The highest BCUT2D eigenvalue weighted by Gasteiger charge is 2.25. The van der Waals surface area contributed by atoms with Crippen LogP contribution in [0.3, 0.4) is 0 Å². The van der Waals surface area contributed by atoms with Crippen LogP contribution in [0.4, 0.5) is 5.69 Å². The van der Waals surface area contributed by atoms with Gasteiger partial charge in [-0.15, -0.1) is 0 Å². The molecule has 0 saturated carbocycles. The van der Waals surface area contributed by atoms with Crippen LogP contribution in [0.2, 0.25) is 0 Å². The molecule has 0 aromatic heterocycles. The molecule has 0 fully saturated rings. The Hall–Kier alpha value is -3.55. The summed E-state index contributed by atoms with van der Waals surface area (Å²) in [6.07, 6.45) is -0.0485. The van der Waals surface area contributed by atoms with Gasteiger partial charge in [-0.05, 0) is 24.3 Å². The molecule has 0 saturated heterocycles. The minimum atomic E-state index is -0.581. The second-order valence-corrected chi connectivity index (χ2v) is 6.20. The van der Waals surface area contributed by atoms with Crippen molar-refractivity contribution in [2.75, 3.05) is 38.9 Å². The van der Waals surface area contributed by atoms with Crippen molar-refractivity contribution in [2.45, 2.75) is 6.42 Å². The lowest BCUT2D eigenvalue weighted by molar-refractivity contribution is -0.142. The molecule has 8 heteroatoms. The van der Waals surface area contributed by atoms with Gasteiger partial charge in [0.1, 0.15) is 17.2 Å². The maximum Gasteiger partial charge on any atom is 0.308 e. The number of carbonyl (C=O) groups excluding carboxylic acids is 3. The quantitative estimate of drug-likeness (QED) is 0.497. The Morgan fingerprint density at radius 2 is 1.90 bits per heavy atom. The van der Waals surface area contributed by atoms with E-state index in [9.17, 15) is 14.4 Å². The third kappa shape index (κ3) is 4.66. The number of rotatable bonds is 8. The van der Waals surface area contributed by atoms with Crippen molar-refractivity contribution in [2.24, 2.45) is 0 Å². The Morgan fingerprint density at radius 3 is 2.66 bits per heavy atom. The van der Waals surface area contributed by atoms with E-state index in [2.05, 4.69) is 0 Å². The number of Topliss-reactive ketones (excluding diaryl/α,β-unsaturated/α-hetero) is 1. The number of methoxy groups -OCH3 is 2. The fraction of sp³-hybridized carbons (Fsp3) is 0.286. The Labute approximate surface area is 167 Å². The molecule has 152 valence electrons. The second kappa shape index (κ2) is 9.09. The summed E-state index contributed by atoms with van der Waals surface area (Å²) in [5.41, 5.74) is 0.897. The van der Waals surface area contributed by atoms with Crippen molar-refractivity contribution in [3.63, 3.8) is 0 Å². The number of anilines is 1. The lowest BCUT2D eigenvalue weighted by Crippen LogP contribution is -2.40. The van der Waals surface area contributed by atoms with Gasteiger partial charge in [-0.25, -0.2) is 0 Å². The Morgan fingerprint density at radius 1 is 1.10 bits per heavy atom. The van der Waals surface area contributed by atoms with Crippen LogP contribution in [0.1, 0.15) is 16.8 Å². The third-order valence-corrected chi connectivity index (χ3v) is 4.42. The summed E-state index contributed by atoms with van der Waals surface area (Å²) >= 11 is 0. The number of ketones is 1. The second-order valence-electron chi connectivity index (χ2n) is 6.20. The normalized spacial score (nSPS) is 12.6. The number of esters is 1. The van der Waals surface area contributed by atoms with Crippen LogP contribution in [0.5, 0.6) is 17.2 Å². The van der Waals surface area contributed by atoms with Crippen LogP contribution >= 0.6 is 0 Å². The summed E-state index contributed by atoms with van der Waals surface area (Å²) in [5.74, 6) is 0.248. The molecule has 0 spiro atoms. The molecule has 1 amide bonds. The zero-order valence-electron chi connectivity index (χ0n) is 16.2. The number of fused-ring (bicyclic) bond motifs is 1. The predicted molar refractivity (Wildman–Crippen MR) is 104 cm³/mol. The van der Waals surface area contributed by atoms with E-state index in [1.807, 2.05) is 0 Å². The molecule has 0 N–H and O–H groups in total. The first kappa shape index (κ1) is 20.2. The molecule has 1 heterocycles. The first-order chi connectivity index (χ1) is 14.0. The molecule has 1 aliphatic heterocycles. The average Bonchev–Trinajstić information content (AvgIpc) is 2.76. The SMILES string of the molecule is COc1ccc(C(=O)COC(=O)CCN2C(=O)COc3ccccc32)c(OC)c1. The van der Waals surface area contributed by atoms with E-state index in [0.717, 1.165) is 0 Å². The van der Waals surface area contributed by atoms with E-state index in [-0.39, 0.29) is 25.5 Å². The maximum absolute atomic E-state index is 12.4. The number of carbonyl (C=O) groups is 3. The first-order valence-corrected chi connectivity index (χ1v) is 8.96. The fourth-order valence-electron chi connectivity index (χ4n) is 2.93. The summed E-state index contributed by atoms with van der Waals surface area (Å²) in [6, 6.07) is 11.9. The van der Waals surface area contributed by atoms with E-state index in [1.54, 1.807) is 42.5 Å². The van der Waals surface area contributed by atoms with Gasteiger partial charge < -0.3 is 23.8 Å². The van der Waals surface area contributed by atoms with Gasteiger partial charge in [0.05, 0.1) is 31.9 Å². The van der Waals surface area contributed by atoms with Crippen LogP contribution in [-0.2, 0) is 14.3 Å². The van der Waals surface area contributed by atoms with Crippen molar-refractivity contribution in [1.82, 2.24) is 0 Å². The number of hydrogen-bond donors (Lipinski definition) is 0. The molecular weight excluding hydrogens is 378 g/mol. The van der Waals surface area contributed by atoms with E-state index < -0.39 is 18.4 Å². The van der Waals surface area contributed by atoms with Gasteiger partial charge in [-0.3, -0.25) is 14.4 Å². The largest absolute Gasteiger partial charge is 0.497 e. The number of amides is 1. The fourth-order valence-corrected chi connectivity index (χ4v) is 2.93. The number of ether oxygens (including phenoxy) is 4. The average molecular weight is 399 g/mol. The number of benzene rings is 2. The first-order valence-electron chi connectivity index (χ1n) is 8.96. The van der Waals surface area contributed by atoms with Crippen molar-refractivity contribution < 1.29 is 33.3 Å².